The minimum atomic E-state index is 0.834. The minimum absolute atomic E-state index is 0.834. The lowest BCUT2D eigenvalue weighted by Crippen LogP contribution is -1.95. The largest absolute Gasteiger partial charge is 0.0987 e. The van der Waals surface area contributed by atoms with E-state index in [1.54, 1.807) is 0 Å². The van der Waals surface area contributed by atoms with Crippen LogP contribution >= 0.6 is 11.6 Å². The van der Waals surface area contributed by atoms with Gasteiger partial charge in [-0.15, -0.1) is 0 Å². The van der Waals surface area contributed by atoms with E-state index in [2.05, 4.69) is 13.2 Å². The van der Waals surface area contributed by atoms with Gasteiger partial charge in [0, 0.05) is 5.03 Å². The predicted octanol–water partition coefficient (Wildman–Crippen LogP) is 3.41. The molecule has 1 rings (SSSR count). The van der Waals surface area contributed by atoms with Crippen LogP contribution in [0.4, 0.5) is 0 Å². The van der Waals surface area contributed by atoms with Crippen LogP contribution in [0.2, 0.25) is 0 Å². The van der Waals surface area contributed by atoms with E-state index in [-0.39, 0.29) is 0 Å². The maximum atomic E-state index is 5.94. The maximum Gasteiger partial charge on any atom is 0.0463 e. The third-order valence-electron chi connectivity index (χ3n) is 1.76. The second-order valence-electron chi connectivity index (χ2n) is 2.50. The van der Waals surface area contributed by atoms with Crippen molar-refractivity contribution < 1.29 is 0 Å². The van der Waals surface area contributed by atoms with Gasteiger partial charge in [0.15, 0.2) is 0 Å². The summed E-state index contributed by atoms with van der Waals surface area (Å²) >= 11 is 5.94. The van der Waals surface area contributed by atoms with Crippen molar-refractivity contribution in [2.75, 3.05) is 0 Å². The van der Waals surface area contributed by atoms with Gasteiger partial charge in [0.2, 0.25) is 0 Å². The zero-order valence-electron chi connectivity index (χ0n) is 5.99. The van der Waals surface area contributed by atoms with Crippen LogP contribution in [-0.2, 0) is 0 Å². The van der Waals surface area contributed by atoms with Crippen molar-refractivity contribution in [3.8, 4) is 0 Å². The van der Waals surface area contributed by atoms with Gasteiger partial charge in [0.1, 0.15) is 0 Å². The van der Waals surface area contributed by atoms with E-state index >= 15 is 0 Å². The van der Waals surface area contributed by atoms with E-state index in [0.717, 1.165) is 35.4 Å². The van der Waals surface area contributed by atoms with Crippen LogP contribution in [0.5, 0.6) is 0 Å². The maximum absolute atomic E-state index is 5.94. The summed E-state index contributed by atoms with van der Waals surface area (Å²) in [5, 5.41) is 0.834. The Morgan fingerprint density at radius 2 is 2.10 bits per heavy atom. The molecule has 0 aromatic heterocycles. The molecule has 0 aromatic rings. The summed E-state index contributed by atoms with van der Waals surface area (Å²) in [6.45, 7) is 7.54. The summed E-state index contributed by atoms with van der Waals surface area (Å²) in [4.78, 5) is 0. The van der Waals surface area contributed by atoms with Crippen molar-refractivity contribution in [1.29, 1.82) is 0 Å². The lowest BCUT2D eigenvalue weighted by atomic mass is 9.96. The van der Waals surface area contributed by atoms with Crippen molar-refractivity contribution >= 4 is 11.6 Å². The number of rotatable bonds is 1. The molecular formula is C9H11Cl. The summed E-state index contributed by atoms with van der Waals surface area (Å²) in [6, 6.07) is 0. The molecule has 1 heteroatoms. The quantitative estimate of drug-likeness (QED) is 0.543. The molecule has 0 N–H and O–H groups in total. The van der Waals surface area contributed by atoms with Crippen molar-refractivity contribution in [3.05, 3.63) is 35.4 Å². The molecule has 0 nitrogen and oxygen atoms in total. The van der Waals surface area contributed by atoms with Gasteiger partial charge in [-0.25, -0.2) is 0 Å². The van der Waals surface area contributed by atoms with E-state index in [1.165, 1.54) is 0 Å². The highest BCUT2D eigenvalue weighted by molar-refractivity contribution is 6.32. The third-order valence-corrected chi connectivity index (χ3v) is 2.27. The monoisotopic (exact) mass is 154 g/mol. The van der Waals surface area contributed by atoms with Gasteiger partial charge in [-0.3, -0.25) is 0 Å². The molecule has 0 aromatic carbocycles. The van der Waals surface area contributed by atoms with Gasteiger partial charge >= 0.3 is 0 Å². The van der Waals surface area contributed by atoms with Gasteiger partial charge in [-0.1, -0.05) is 30.8 Å². The molecule has 0 saturated heterocycles. The van der Waals surface area contributed by atoms with Crippen LogP contribution < -0.4 is 0 Å². The average Bonchev–Trinajstić information content (AvgIpc) is 1.95. The fraction of sp³-hybridized carbons (Fsp3) is 0.333. The van der Waals surface area contributed by atoms with E-state index in [1.807, 2.05) is 6.08 Å². The average molecular weight is 155 g/mol. The Morgan fingerprint density at radius 1 is 1.40 bits per heavy atom. The Kier molecular flexibility index (Phi) is 2.34. The fourth-order valence-electron chi connectivity index (χ4n) is 1.13. The summed E-state index contributed by atoms with van der Waals surface area (Å²) < 4.78 is 0. The second kappa shape index (κ2) is 3.07. The summed E-state index contributed by atoms with van der Waals surface area (Å²) in [5.41, 5.74) is 2.21. The molecule has 0 unspecified atom stereocenters. The predicted molar refractivity (Wildman–Crippen MR) is 46.1 cm³/mol. The molecule has 0 heterocycles. The van der Waals surface area contributed by atoms with Crippen molar-refractivity contribution in [2.24, 2.45) is 0 Å². The van der Waals surface area contributed by atoms with Gasteiger partial charge < -0.3 is 0 Å². The van der Waals surface area contributed by atoms with Crippen LogP contribution in [0.25, 0.3) is 0 Å². The first kappa shape index (κ1) is 7.62. The molecule has 10 heavy (non-hydrogen) atoms. The molecule has 0 amide bonds. The summed E-state index contributed by atoms with van der Waals surface area (Å²) in [7, 11) is 0. The molecular weight excluding hydrogens is 144 g/mol. The smallest absolute Gasteiger partial charge is 0.0463 e. The summed E-state index contributed by atoms with van der Waals surface area (Å²) in [5.74, 6) is 0. The number of hydrogen-bond donors (Lipinski definition) is 0. The molecule has 1 aliphatic carbocycles. The van der Waals surface area contributed by atoms with Crippen molar-refractivity contribution in [2.45, 2.75) is 19.3 Å². The Bertz CT molecular complexity index is 199. The lowest BCUT2D eigenvalue weighted by Gasteiger charge is -2.14. The molecule has 0 radical (unpaired) electrons. The topological polar surface area (TPSA) is 0 Å². The molecule has 0 spiro atoms. The number of halogens is 1. The first-order valence-corrected chi connectivity index (χ1v) is 3.82. The van der Waals surface area contributed by atoms with Gasteiger partial charge in [-0.05, 0) is 30.4 Å². The molecule has 1 aliphatic rings. The van der Waals surface area contributed by atoms with E-state index < -0.39 is 0 Å². The fourth-order valence-corrected chi connectivity index (χ4v) is 1.40. The molecule has 0 atom stereocenters. The van der Waals surface area contributed by atoms with Crippen LogP contribution in [-0.4, -0.2) is 0 Å². The standard InChI is InChI=1S/C9H11Cl/c1-3-8-6-4-5-7(2)9(8)10/h3H,1-2,4-6H2. The van der Waals surface area contributed by atoms with Crippen molar-refractivity contribution in [3.63, 3.8) is 0 Å². The van der Waals surface area contributed by atoms with Crippen molar-refractivity contribution in [1.82, 2.24) is 0 Å². The second-order valence-corrected chi connectivity index (χ2v) is 2.88. The Hall–Kier alpha value is -0.490. The normalized spacial score (nSPS) is 19.5. The van der Waals surface area contributed by atoms with Crippen LogP contribution in [0.1, 0.15) is 19.3 Å². The van der Waals surface area contributed by atoms with Crippen LogP contribution in [0.3, 0.4) is 0 Å². The highest BCUT2D eigenvalue weighted by atomic mass is 35.5. The van der Waals surface area contributed by atoms with Crippen LogP contribution in [0, 0.1) is 0 Å². The molecule has 0 bridgehead atoms. The molecule has 0 fully saturated rings. The highest BCUT2D eigenvalue weighted by Gasteiger charge is 2.10. The van der Waals surface area contributed by atoms with E-state index in [9.17, 15) is 0 Å². The SMILES string of the molecule is C=CC1=C(Cl)C(=C)CCC1. The third kappa shape index (κ3) is 1.32. The Labute approximate surface area is 66.9 Å². The first-order chi connectivity index (χ1) is 4.75. The highest BCUT2D eigenvalue weighted by Crippen LogP contribution is 2.31. The van der Waals surface area contributed by atoms with E-state index in [4.69, 9.17) is 11.6 Å². The zero-order valence-corrected chi connectivity index (χ0v) is 6.75. The molecule has 0 aliphatic heterocycles. The molecule has 0 saturated carbocycles. The number of hydrogen-bond acceptors (Lipinski definition) is 0. The minimum Gasteiger partial charge on any atom is -0.0987 e. The van der Waals surface area contributed by atoms with Crippen LogP contribution in [0.15, 0.2) is 35.4 Å². The Morgan fingerprint density at radius 3 is 2.60 bits per heavy atom. The first-order valence-electron chi connectivity index (χ1n) is 3.45. The summed E-state index contributed by atoms with van der Waals surface area (Å²) in [6.07, 6.45) is 5.08. The molecule has 54 valence electrons. The lowest BCUT2D eigenvalue weighted by molar-refractivity contribution is 0.794. The van der Waals surface area contributed by atoms with Gasteiger partial charge in [0.05, 0.1) is 0 Å². The van der Waals surface area contributed by atoms with Gasteiger partial charge in [-0.2, -0.15) is 0 Å². The Balaban J connectivity index is 2.92. The number of allylic oxidation sites excluding steroid dienone is 4. The van der Waals surface area contributed by atoms with Gasteiger partial charge in [0.25, 0.3) is 0 Å². The van der Waals surface area contributed by atoms with E-state index in [0.29, 0.717) is 0 Å². The zero-order chi connectivity index (χ0) is 7.56.